The number of fused-ring (bicyclic) bond motifs is 1. The highest BCUT2D eigenvalue weighted by molar-refractivity contribution is 5.91. The van der Waals surface area contributed by atoms with E-state index in [0.717, 1.165) is 10.9 Å². The van der Waals surface area contributed by atoms with Crippen LogP contribution in [0.2, 0.25) is 0 Å². The minimum atomic E-state index is 0. The lowest BCUT2D eigenvalue weighted by Crippen LogP contribution is -2.19. The second-order valence-corrected chi connectivity index (χ2v) is 5.47. The molecule has 3 aromatic rings. The van der Waals surface area contributed by atoms with Crippen LogP contribution in [-0.2, 0) is 6.54 Å². The van der Waals surface area contributed by atoms with Gasteiger partial charge < -0.3 is 20.1 Å². The van der Waals surface area contributed by atoms with Crippen LogP contribution < -0.4 is 20.1 Å². The molecule has 2 N–H and O–H groups in total. The number of hydrogen-bond donors (Lipinski definition) is 1. The van der Waals surface area contributed by atoms with E-state index in [2.05, 4.69) is 22.1 Å². The van der Waals surface area contributed by atoms with Crippen LogP contribution in [0, 0.1) is 0 Å². The van der Waals surface area contributed by atoms with Gasteiger partial charge in [0, 0.05) is 25.0 Å². The lowest BCUT2D eigenvalue weighted by molar-refractivity contribution is 0.356. The van der Waals surface area contributed by atoms with Gasteiger partial charge in [-0.1, -0.05) is 30.3 Å². The lowest BCUT2D eigenvalue weighted by atomic mass is 10.2. The van der Waals surface area contributed by atoms with Crippen molar-refractivity contribution in [3.63, 3.8) is 0 Å². The number of nitrogen functional groups attached to an aromatic ring is 1. The summed E-state index contributed by atoms with van der Waals surface area (Å²) in [4.78, 5) is 11.0. The number of aromatic nitrogens is 2. The van der Waals surface area contributed by atoms with Crippen molar-refractivity contribution in [1.82, 2.24) is 9.97 Å². The Bertz CT molecular complexity index is 859. The normalized spacial score (nSPS) is 10.2. The van der Waals surface area contributed by atoms with Crippen molar-refractivity contribution in [1.29, 1.82) is 0 Å². The molecule has 0 radical (unpaired) electrons. The summed E-state index contributed by atoms with van der Waals surface area (Å²) in [5, 5.41) is 0.740. The SMILES string of the molecule is COc1cc2nc(N(C)Cc3ccccc3)nc(N)c2cc1OC.Cl. The van der Waals surface area contributed by atoms with E-state index in [0.29, 0.717) is 29.8 Å². The third-order valence-electron chi connectivity index (χ3n) is 3.82. The summed E-state index contributed by atoms with van der Waals surface area (Å²) in [6, 6.07) is 13.7. The van der Waals surface area contributed by atoms with Crippen molar-refractivity contribution in [3.05, 3.63) is 48.0 Å². The Morgan fingerprint density at radius 1 is 1.00 bits per heavy atom. The van der Waals surface area contributed by atoms with Gasteiger partial charge in [-0.25, -0.2) is 4.98 Å². The molecule has 0 spiro atoms. The maximum atomic E-state index is 6.13. The number of nitrogens with zero attached hydrogens (tertiary/aromatic N) is 3. The lowest BCUT2D eigenvalue weighted by Gasteiger charge is -2.18. The first-order chi connectivity index (χ1) is 11.6. The number of hydrogen-bond acceptors (Lipinski definition) is 6. The second-order valence-electron chi connectivity index (χ2n) is 5.47. The topological polar surface area (TPSA) is 73.5 Å². The third-order valence-corrected chi connectivity index (χ3v) is 3.82. The summed E-state index contributed by atoms with van der Waals surface area (Å²) in [5.41, 5.74) is 8.02. The molecule has 1 heterocycles. The number of benzene rings is 2. The largest absolute Gasteiger partial charge is 0.493 e. The molecule has 0 fully saturated rings. The Kier molecular flexibility index (Phi) is 5.88. The fourth-order valence-corrected chi connectivity index (χ4v) is 2.57. The molecule has 132 valence electrons. The van der Waals surface area contributed by atoms with Crippen LogP contribution in [0.4, 0.5) is 11.8 Å². The highest BCUT2D eigenvalue weighted by Crippen LogP contribution is 2.34. The Morgan fingerprint density at radius 3 is 2.28 bits per heavy atom. The van der Waals surface area contributed by atoms with Crippen LogP contribution in [0.1, 0.15) is 5.56 Å². The number of rotatable bonds is 5. The molecule has 0 bridgehead atoms. The van der Waals surface area contributed by atoms with Gasteiger partial charge in [0.1, 0.15) is 5.82 Å². The highest BCUT2D eigenvalue weighted by atomic mass is 35.5. The average molecular weight is 361 g/mol. The highest BCUT2D eigenvalue weighted by Gasteiger charge is 2.13. The van der Waals surface area contributed by atoms with Gasteiger partial charge in [-0.15, -0.1) is 12.4 Å². The Morgan fingerprint density at radius 2 is 1.64 bits per heavy atom. The van der Waals surface area contributed by atoms with Crippen LogP contribution in [0.15, 0.2) is 42.5 Å². The van der Waals surface area contributed by atoms with Gasteiger partial charge in [0.25, 0.3) is 0 Å². The number of halogens is 1. The zero-order valence-electron chi connectivity index (χ0n) is 14.4. The molecule has 0 aliphatic carbocycles. The summed E-state index contributed by atoms with van der Waals surface area (Å²) in [7, 11) is 5.12. The van der Waals surface area contributed by atoms with E-state index in [1.807, 2.05) is 36.2 Å². The summed E-state index contributed by atoms with van der Waals surface area (Å²) < 4.78 is 10.6. The molecule has 2 aromatic carbocycles. The van der Waals surface area contributed by atoms with Gasteiger partial charge in [0.15, 0.2) is 11.5 Å². The number of methoxy groups -OCH3 is 2. The van der Waals surface area contributed by atoms with Crippen molar-refractivity contribution in [2.45, 2.75) is 6.54 Å². The Labute approximate surface area is 153 Å². The van der Waals surface area contributed by atoms with Gasteiger partial charge in [-0.05, 0) is 11.6 Å². The average Bonchev–Trinajstić information content (AvgIpc) is 2.61. The van der Waals surface area contributed by atoms with Gasteiger partial charge >= 0.3 is 0 Å². The van der Waals surface area contributed by atoms with Crippen molar-refractivity contribution < 1.29 is 9.47 Å². The van der Waals surface area contributed by atoms with Crippen LogP contribution in [-0.4, -0.2) is 31.2 Å². The monoisotopic (exact) mass is 360 g/mol. The van der Waals surface area contributed by atoms with Gasteiger partial charge in [0.2, 0.25) is 5.95 Å². The standard InChI is InChI=1S/C18H20N4O2.ClH/c1-22(11-12-7-5-4-6-8-12)18-20-14-10-16(24-3)15(23-2)9-13(14)17(19)21-18;/h4-10H,11H2,1-3H3,(H2,19,20,21);1H. The first kappa shape index (κ1) is 18.6. The zero-order chi connectivity index (χ0) is 17.1. The van der Waals surface area contributed by atoms with Crippen LogP contribution in [0.25, 0.3) is 10.9 Å². The maximum absolute atomic E-state index is 6.13. The summed E-state index contributed by atoms with van der Waals surface area (Å²) in [5.74, 6) is 2.19. The van der Waals surface area contributed by atoms with Crippen LogP contribution in [0.5, 0.6) is 11.5 Å². The van der Waals surface area contributed by atoms with Crippen molar-refractivity contribution in [3.8, 4) is 11.5 Å². The predicted octanol–water partition coefficient (Wildman–Crippen LogP) is 3.29. The molecular formula is C18H21ClN4O2. The van der Waals surface area contributed by atoms with E-state index in [1.165, 1.54) is 5.56 Å². The fraction of sp³-hybridized carbons (Fsp3) is 0.222. The van der Waals surface area contributed by atoms with Gasteiger partial charge in [-0.2, -0.15) is 4.98 Å². The minimum Gasteiger partial charge on any atom is -0.493 e. The Hall–Kier alpha value is -2.73. The van der Waals surface area contributed by atoms with Gasteiger partial charge in [0.05, 0.1) is 19.7 Å². The van der Waals surface area contributed by atoms with Gasteiger partial charge in [-0.3, -0.25) is 0 Å². The summed E-state index contributed by atoms with van der Waals surface area (Å²) in [6.07, 6.45) is 0. The molecule has 25 heavy (non-hydrogen) atoms. The quantitative estimate of drug-likeness (QED) is 0.752. The number of ether oxygens (including phenoxy) is 2. The number of anilines is 2. The van der Waals surface area contributed by atoms with Crippen molar-refractivity contribution >= 4 is 35.1 Å². The van der Waals surface area contributed by atoms with E-state index in [4.69, 9.17) is 15.2 Å². The summed E-state index contributed by atoms with van der Waals surface area (Å²) in [6.45, 7) is 0.694. The molecule has 3 rings (SSSR count). The molecular weight excluding hydrogens is 340 g/mol. The van der Waals surface area contributed by atoms with Crippen molar-refractivity contribution in [2.75, 3.05) is 31.9 Å². The third kappa shape index (κ3) is 3.85. The van der Waals surface area contributed by atoms with Crippen LogP contribution in [0.3, 0.4) is 0 Å². The predicted molar refractivity (Wildman–Crippen MR) is 103 cm³/mol. The molecule has 0 aliphatic heterocycles. The minimum absolute atomic E-state index is 0. The van der Waals surface area contributed by atoms with E-state index in [-0.39, 0.29) is 12.4 Å². The molecule has 0 atom stereocenters. The van der Waals surface area contributed by atoms with E-state index in [9.17, 15) is 0 Å². The van der Waals surface area contributed by atoms with E-state index >= 15 is 0 Å². The molecule has 0 saturated carbocycles. The molecule has 0 unspecified atom stereocenters. The molecule has 6 nitrogen and oxygen atoms in total. The molecule has 1 aromatic heterocycles. The Balaban J connectivity index is 0.00000225. The van der Waals surface area contributed by atoms with E-state index < -0.39 is 0 Å². The second kappa shape index (κ2) is 7.90. The molecule has 0 amide bonds. The first-order valence-electron chi connectivity index (χ1n) is 7.56. The first-order valence-corrected chi connectivity index (χ1v) is 7.56. The van der Waals surface area contributed by atoms with E-state index in [1.54, 1.807) is 20.3 Å². The molecule has 0 aliphatic rings. The molecule has 7 heteroatoms. The summed E-state index contributed by atoms with van der Waals surface area (Å²) >= 11 is 0. The fourth-order valence-electron chi connectivity index (χ4n) is 2.57. The maximum Gasteiger partial charge on any atom is 0.227 e. The zero-order valence-corrected chi connectivity index (χ0v) is 15.2. The molecule has 0 saturated heterocycles. The number of nitrogens with two attached hydrogens (primary N) is 1. The van der Waals surface area contributed by atoms with Crippen molar-refractivity contribution in [2.24, 2.45) is 0 Å². The van der Waals surface area contributed by atoms with Crippen LogP contribution >= 0.6 is 12.4 Å². The smallest absolute Gasteiger partial charge is 0.227 e.